The van der Waals surface area contributed by atoms with Crippen molar-refractivity contribution in [1.29, 1.82) is 5.26 Å². The lowest BCUT2D eigenvalue weighted by Gasteiger charge is -2.29. The minimum atomic E-state index is 0.293. The summed E-state index contributed by atoms with van der Waals surface area (Å²) in [5.74, 6) is 0. The van der Waals surface area contributed by atoms with Crippen LogP contribution in [0.25, 0.3) is 5.69 Å². The van der Waals surface area contributed by atoms with E-state index in [9.17, 15) is 5.26 Å². The van der Waals surface area contributed by atoms with Crippen LogP contribution in [0.2, 0.25) is 0 Å². The van der Waals surface area contributed by atoms with Crippen LogP contribution < -0.4 is 5.32 Å². The fourth-order valence-electron chi connectivity index (χ4n) is 2.93. The quantitative estimate of drug-likeness (QED) is 0.903. The van der Waals surface area contributed by atoms with Gasteiger partial charge in [-0.15, -0.1) is 0 Å². The molecular weight excluding hydrogens is 328 g/mol. The van der Waals surface area contributed by atoms with E-state index in [1.54, 1.807) is 6.33 Å². The van der Waals surface area contributed by atoms with Crippen LogP contribution in [0.15, 0.2) is 35.2 Å². The Bertz CT molecular complexity index is 686. The van der Waals surface area contributed by atoms with Crippen molar-refractivity contribution in [1.82, 2.24) is 14.9 Å². The van der Waals surface area contributed by atoms with Crippen molar-refractivity contribution < 1.29 is 0 Å². The average molecular weight is 345 g/mol. The van der Waals surface area contributed by atoms with Crippen LogP contribution in [-0.4, -0.2) is 15.6 Å². The number of piperidine rings is 1. The number of hydrogen-bond acceptors (Lipinski definition) is 3. The van der Waals surface area contributed by atoms with Gasteiger partial charge in [0.05, 0.1) is 29.5 Å². The van der Waals surface area contributed by atoms with E-state index < -0.39 is 0 Å². The summed E-state index contributed by atoms with van der Waals surface area (Å²) in [6.07, 6.45) is 7.22. The van der Waals surface area contributed by atoms with Crippen LogP contribution in [0, 0.1) is 11.3 Å². The third kappa shape index (κ3) is 2.87. The van der Waals surface area contributed by atoms with Gasteiger partial charge in [-0.3, -0.25) is 0 Å². The second-order valence-electron chi connectivity index (χ2n) is 5.51. The predicted molar refractivity (Wildman–Crippen MR) is 85.2 cm³/mol. The molecular formula is C16H17BrN4. The molecule has 0 radical (unpaired) electrons. The molecule has 1 aromatic carbocycles. The SMILES string of the molecule is CC1CCCC(c2cncn2-c2cc(Br)ccc2C#N)N1. The van der Waals surface area contributed by atoms with Crippen LogP contribution in [0.5, 0.6) is 0 Å². The van der Waals surface area contributed by atoms with Gasteiger partial charge in [0.1, 0.15) is 6.07 Å². The molecule has 21 heavy (non-hydrogen) atoms. The highest BCUT2D eigenvalue weighted by molar-refractivity contribution is 9.10. The fraction of sp³-hybridized carbons (Fsp3) is 0.375. The lowest BCUT2D eigenvalue weighted by Crippen LogP contribution is -2.35. The Morgan fingerprint density at radius 3 is 3.05 bits per heavy atom. The minimum absolute atomic E-state index is 0.293. The highest BCUT2D eigenvalue weighted by Crippen LogP contribution is 2.29. The Kier molecular flexibility index (Phi) is 4.09. The Morgan fingerprint density at radius 2 is 2.29 bits per heavy atom. The molecule has 1 fully saturated rings. The summed E-state index contributed by atoms with van der Waals surface area (Å²) in [5, 5.41) is 13.0. The normalized spacial score (nSPS) is 22.0. The van der Waals surface area contributed by atoms with Crippen molar-refractivity contribution in [2.45, 2.75) is 38.3 Å². The number of nitrogens with one attached hydrogen (secondary N) is 1. The molecule has 1 aliphatic rings. The first-order chi connectivity index (χ1) is 10.2. The van der Waals surface area contributed by atoms with Gasteiger partial charge in [-0.1, -0.05) is 15.9 Å². The van der Waals surface area contributed by atoms with E-state index in [1.807, 2.05) is 29.0 Å². The highest BCUT2D eigenvalue weighted by atomic mass is 79.9. The fourth-order valence-corrected chi connectivity index (χ4v) is 3.28. The van der Waals surface area contributed by atoms with Gasteiger partial charge < -0.3 is 9.88 Å². The third-order valence-corrected chi connectivity index (χ3v) is 4.47. The summed E-state index contributed by atoms with van der Waals surface area (Å²) < 4.78 is 2.99. The van der Waals surface area contributed by atoms with Crippen LogP contribution in [-0.2, 0) is 0 Å². The average Bonchev–Trinajstić information content (AvgIpc) is 2.96. The zero-order valence-electron chi connectivity index (χ0n) is 11.9. The molecule has 1 saturated heterocycles. The first kappa shape index (κ1) is 14.3. The van der Waals surface area contributed by atoms with E-state index in [0.717, 1.165) is 22.3 Å². The molecule has 5 heteroatoms. The standard InChI is InChI=1S/C16H17BrN4/c1-11-3-2-4-14(20-11)16-9-19-10-21(16)15-7-13(17)6-5-12(15)8-18/h5-7,9-11,14,20H,2-4H2,1H3. The summed E-state index contributed by atoms with van der Waals surface area (Å²) in [4.78, 5) is 4.30. The molecule has 0 amide bonds. The lowest BCUT2D eigenvalue weighted by molar-refractivity contribution is 0.334. The third-order valence-electron chi connectivity index (χ3n) is 3.98. The molecule has 2 unspecified atom stereocenters. The summed E-state index contributed by atoms with van der Waals surface area (Å²) in [7, 11) is 0. The van der Waals surface area contributed by atoms with Gasteiger partial charge in [-0.2, -0.15) is 5.26 Å². The largest absolute Gasteiger partial charge is 0.306 e. The van der Waals surface area contributed by atoms with E-state index in [1.165, 1.54) is 12.8 Å². The van der Waals surface area contributed by atoms with Crippen molar-refractivity contribution in [2.75, 3.05) is 0 Å². The molecule has 108 valence electrons. The Labute approximate surface area is 132 Å². The number of nitrogens with zero attached hydrogens (tertiary/aromatic N) is 3. The number of rotatable bonds is 2. The minimum Gasteiger partial charge on any atom is -0.306 e. The van der Waals surface area contributed by atoms with Crippen molar-refractivity contribution in [3.8, 4) is 11.8 Å². The van der Waals surface area contributed by atoms with Crippen molar-refractivity contribution >= 4 is 15.9 Å². The number of imidazole rings is 1. The Balaban J connectivity index is 2.03. The van der Waals surface area contributed by atoms with E-state index in [0.29, 0.717) is 17.6 Å². The first-order valence-corrected chi connectivity index (χ1v) is 7.96. The first-order valence-electron chi connectivity index (χ1n) is 7.17. The van der Waals surface area contributed by atoms with Gasteiger partial charge in [-0.05, 0) is 44.4 Å². The van der Waals surface area contributed by atoms with Crippen LogP contribution in [0.1, 0.15) is 43.5 Å². The summed E-state index contributed by atoms with van der Waals surface area (Å²) in [6, 6.07) is 8.76. The molecule has 3 rings (SSSR count). The molecule has 0 spiro atoms. The maximum absolute atomic E-state index is 9.34. The van der Waals surface area contributed by atoms with Crippen LogP contribution in [0.4, 0.5) is 0 Å². The molecule has 2 heterocycles. The van der Waals surface area contributed by atoms with Gasteiger partial charge in [0, 0.05) is 16.6 Å². The molecule has 1 aliphatic heterocycles. The van der Waals surface area contributed by atoms with Crippen LogP contribution >= 0.6 is 15.9 Å². The molecule has 1 aromatic heterocycles. The molecule has 4 nitrogen and oxygen atoms in total. The zero-order chi connectivity index (χ0) is 14.8. The monoisotopic (exact) mass is 344 g/mol. The summed E-state index contributed by atoms with van der Waals surface area (Å²) >= 11 is 3.48. The van der Waals surface area contributed by atoms with E-state index in [-0.39, 0.29) is 0 Å². The summed E-state index contributed by atoms with van der Waals surface area (Å²) in [5.41, 5.74) is 2.65. The number of halogens is 1. The zero-order valence-corrected chi connectivity index (χ0v) is 13.5. The molecule has 2 aromatic rings. The predicted octanol–water partition coefficient (Wildman–Crippen LogP) is 3.71. The van der Waals surface area contributed by atoms with E-state index in [4.69, 9.17) is 0 Å². The van der Waals surface area contributed by atoms with Crippen LogP contribution in [0.3, 0.4) is 0 Å². The van der Waals surface area contributed by atoms with Gasteiger partial charge >= 0.3 is 0 Å². The number of nitriles is 1. The lowest BCUT2D eigenvalue weighted by atomic mass is 9.97. The molecule has 0 saturated carbocycles. The van der Waals surface area contributed by atoms with Gasteiger partial charge in [-0.25, -0.2) is 4.98 Å². The molecule has 0 bridgehead atoms. The van der Waals surface area contributed by atoms with Gasteiger partial charge in [0.2, 0.25) is 0 Å². The highest BCUT2D eigenvalue weighted by Gasteiger charge is 2.23. The van der Waals surface area contributed by atoms with E-state index >= 15 is 0 Å². The van der Waals surface area contributed by atoms with Crippen molar-refractivity contribution in [3.63, 3.8) is 0 Å². The second-order valence-corrected chi connectivity index (χ2v) is 6.43. The Hall–Kier alpha value is -1.64. The van der Waals surface area contributed by atoms with Gasteiger partial charge in [0.15, 0.2) is 0 Å². The van der Waals surface area contributed by atoms with Crippen molar-refractivity contribution in [2.24, 2.45) is 0 Å². The number of aromatic nitrogens is 2. The maximum Gasteiger partial charge on any atom is 0.101 e. The molecule has 1 N–H and O–H groups in total. The summed E-state index contributed by atoms with van der Waals surface area (Å²) in [6.45, 7) is 2.21. The molecule has 0 aliphatic carbocycles. The maximum atomic E-state index is 9.34. The number of benzene rings is 1. The van der Waals surface area contributed by atoms with E-state index in [2.05, 4.69) is 39.2 Å². The molecule has 2 atom stereocenters. The second kappa shape index (κ2) is 6.00. The Morgan fingerprint density at radius 1 is 1.43 bits per heavy atom. The smallest absolute Gasteiger partial charge is 0.101 e. The van der Waals surface area contributed by atoms with Crippen molar-refractivity contribution in [3.05, 3.63) is 46.5 Å². The van der Waals surface area contributed by atoms with Gasteiger partial charge in [0.25, 0.3) is 0 Å². The topological polar surface area (TPSA) is 53.6 Å². The number of hydrogen-bond donors (Lipinski definition) is 1.